The highest BCUT2D eigenvalue weighted by Gasteiger charge is 2.17. The van der Waals surface area contributed by atoms with E-state index in [1.54, 1.807) is 26.0 Å². The molecule has 0 aliphatic rings. The third-order valence-electron chi connectivity index (χ3n) is 5.97. The lowest BCUT2D eigenvalue weighted by atomic mass is 10.2. The molecule has 45 heavy (non-hydrogen) atoms. The maximum Gasteiger partial charge on any atom is 0.354 e. The van der Waals surface area contributed by atoms with Crippen molar-refractivity contribution in [2.75, 3.05) is 42.6 Å². The molecule has 2 aromatic heterocycles. The summed E-state index contributed by atoms with van der Waals surface area (Å²) in [6.45, 7) is 4.68. The molecule has 0 aliphatic heterocycles. The zero-order valence-electron chi connectivity index (χ0n) is 25.4. The van der Waals surface area contributed by atoms with Crippen LogP contribution in [0.4, 0.5) is 0 Å². The molecular formula is C30H37Br3N2O8S2. The molecule has 4 aromatic rings. The van der Waals surface area contributed by atoms with Crippen molar-refractivity contribution in [1.82, 2.24) is 9.55 Å². The van der Waals surface area contributed by atoms with Crippen molar-refractivity contribution in [2.45, 2.75) is 33.2 Å². The van der Waals surface area contributed by atoms with E-state index in [-0.39, 0.29) is 17.5 Å². The van der Waals surface area contributed by atoms with Crippen LogP contribution in [0, 0.1) is 0 Å². The Hall–Kier alpha value is -2.20. The molecule has 1 N–H and O–H groups in total. The standard InChI is InChI=1S/C15H18BrNO4S.C11H10BrNO2.C4H9BrO2S/c1-3-21-15(18)14-10-11-9-12(16)5-6-13(11)17(14)7-4-8-22(2,19)20;1-2-15-11(14)10-6-7-5-8(12)3-4-9(7)13-10;1-8(6,7)4-2-3-5/h5-6,9-10H,3-4,7-8H2,1-2H3;3-6,13H,2H2,1H3;2-4H2,1H3. The first-order valence-corrected chi connectivity index (χ1v) is 20.7. The number of esters is 2. The van der Waals surface area contributed by atoms with Gasteiger partial charge in [0.05, 0.1) is 24.7 Å². The fraction of sp³-hybridized carbons (Fsp3) is 0.400. The number of aryl methyl sites for hydroxylation is 1. The van der Waals surface area contributed by atoms with Gasteiger partial charge in [0.25, 0.3) is 0 Å². The van der Waals surface area contributed by atoms with E-state index in [9.17, 15) is 26.4 Å². The zero-order chi connectivity index (χ0) is 33.8. The maximum absolute atomic E-state index is 12.1. The number of rotatable bonds is 11. The van der Waals surface area contributed by atoms with E-state index in [1.165, 1.54) is 12.5 Å². The van der Waals surface area contributed by atoms with Crippen molar-refractivity contribution in [2.24, 2.45) is 0 Å². The van der Waals surface area contributed by atoms with Crippen molar-refractivity contribution in [3.05, 3.63) is 68.9 Å². The third-order valence-corrected chi connectivity index (χ3v) is 9.58. The van der Waals surface area contributed by atoms with Gasteiger partial charge in [-0.05, 0) is 75.2 Å². The van der Waals surface area contributed by atoms with Gasteiger partial charge in [-0.1, -0.05) is 47.8 Å². The number of fused-ring (bicyclic) bond motifs is 2. The van der Waals surface area contributed by atoms with Gasteiger partial charge < -0.3 is 19.0 Å². The molecular weight excluding hydrogens is 820 g/mol. The Bertz CT molecular complexity index is 1820. The highest BCUT2D eigenvalue weighted by Crippen LogP contribution is 2.25. The fourth-order valence-corrected chi connectivity index (χ4v) is 6.81. The number of halogens is 3. The highest BCUT2D eigenvalue weighted by molar-refractivity contribution is 9.10. The molecule has 0 saturated carbocycles. The minimum Gasteiger partial charge on any atom is -0.461 e. The van der Waals surface area contributed by atoms with Gasteiger partial charge in [0, 0.05) is 55.1 Å². The maximum atomic E-state index is 12.1. The Labute approximate surface area is 289 Å². The molecule has 0 bridgehead atoms. The smallest absolute Gasteiger partial charge is 0.354 e. The summed E-state index contributed by atoms with van der Waals surface area (Å²) in [5.74, 6) is -0.331. The second kappa shape index (κ2) is 18.2. The molecule has 0 amide bonds. The topological polar surface area (TPSA) is 142 Å². The lowest BCUT2D eigenvalue weighted by molar-refractivity contribution is 0.0507. The summed E-state index contributed by atoms with van der Waals surface area (Å²) in [7, 11) is -5.73. The van der Waals surface area contributed by atoms with Crippen molar-refractivity contribution in [3.8, 4) is 0 Å². The Morgan fingerprint density at radius 2 is 1.33 bits per heavy atom. The van der Waals surface area contributed by atoms with Crippen molar-refractivity contribution in [3.63, 3.8) is 0 Å². The normalized spacial score (nSPS) is 11.4. The molecule has 2 heterocycles. The second-order valence-electron chi connectivity index (χ2n) is 9.90. The summed E-state index contributed by atoms with van der Waals surface area (Å²) in [5.41, 5.74) is 2.76. The first kappa shape index (κ1) is 39.0. The molecule has 0 atom stereocenters. The molecule has 0 unspecified atom stereocenters. The van der Waals surface area contributed by atoms with E-state index in [0.29, 0.717) is 44.0 Å². The summed E-state index contributed by atoms with van der Waals surface area (Å²) in [5, 5.41) is 2.67. The number of aromatic amines is 1. The number of benzene rings is 2. The van der Waals surface area contributed by atoms with E-state index < -0.39 is 25.6 Å². The van der Waals surface area contributed by atoms with Gasteiger partial charge in [-0.25, -0.2) is 26.4 Å². The summed E-state index contributed by atoms with van der Waals surface area (Å²) < 4.78 is 57.0. The molecule has 248 valence electrons. The van der Waals surface area contributed by atoms with Gasteiger partial charge in [-0.15, -0.1) is 0 Å². The van der Waals surface area contributed by atoms with Crippen LogP contribution in [0.1, 0.15) is 47.7 Å². The fourth-order valence-electron chi connectivity index (χ4n) is 4.08. The lowest BCUT2D eigenvalue weighted by Gasteiger charge is -2.10. The molecule has 4 rings (SSSR count). The molecule has 0 spiro atoms. The average Bonchev–Trinajstić information content (AvgIpc) is 3.53. The highest BCUT2D eigenvalue weighted by atomic mass is 79.9. The number of H-pyrrole nitrogens is 1. The van der Waals surface area contributed by atoms with Crippen LogP contribution in [0.15, 0.2) is 57.5 Å². The predicted octanol–water partition coefficient (Wildman–Crippen LogP) is 6.94. The van der Waals surface area contributed by atoms with E-state index in [2.05, 4.69) is 52.8 Å². The summed E-state index contributed by atoms with van der Waals surface area (Å²) in [4.78, 5) is 26.6. The Balaban J connectivity index is 0.000000264. The SMILES string of the molecule is CCOC(=O)c1cc2cc(Br)ccc2[nH]1.CCOC(=O)c1cc2cc(Br)ccc2n1CCCS(C)(=O)=O.CS(=O)(=O)CCCBr. The predicted molar refractivity (Wildman–Crippen MR) is 190 cm³/mol. The van der Waals surface area contributed by atoms with Crippen molar-refractivity contribution < 1.29 is 35.9 Å². The zero-order valence-corrected chi connectivity index (χ0v) is 31.8. The van der Waals surface area contributed by atoms with Crippen LogP contribution >= 0.6 is 47.8 Å². The van der Waals surface area contributed by atoms with Crippen LogP contribution in [-0.4, -0.2) is 80.9 Å². The first-order chi connectivity index (χ1) is 21.1. The van der Waals surface area contributed by atoms with E-state index in [4.69, 9.17) is 9.47 Å². The quantitative estimate of drug-likeness (QED) is 0.126. The number of alkyl halides is 1. The number of hydrogen-bond acceptors (Lipinski definition) is 8. The largest absolute Gasteiger partial charge is 0.461 e. The molecule has 0 fully saturated rings. The van der Waals surface area contributed by atoms with E-state index in [0.717, 1.165) is 36.1 Å². The van der Waals surface area contributed by atoms with Crippen molar-refractivity contribution in [1.29, 1.82) is 0 Å². The van der Waals surface area contributed by atoms with Crippen LogP contribution in [0.25, 0.3) is 21.8 Å². The Morgan fingerprint density at radius 1 is 0.778 bits per heavy atom. The van der Waals surface area contributed by atoms with Crippen LogP contribution in [-0.2, 0) is 35.7 Å². The van der Waals surface area contributed by atoms with Crippen molar-refractivity contribution >= 4 is 101 Å². The van der Waals surface area contributed by atoms with Crippen LogP contribution < -0.4 is 0 Å². The monoisotopic (exact) mass is 854 g/mol. The number of nitrogens with one attached hydrogen (secondary N) is 1. The van der Waals surface area contributed by atoms with Gasteiger partial charge in [0.15, 0.2) is 0 Å². The van der Waals surface area contributed by atoms with Gasteiger partial charge in [-0.2, -0.15) is 0 Å². The summed E-state index contributed by atoms with van der Waals surface area (Å²) in [6, 6.07) is 15.1. The first-order valence-electron chi connectivity index (χ1n) is 13.9. The van der Waals surface area contributed by atoms with Crippen LogP contribution in [0.2, 0.25) is 0 Å². The molecule has 0 saturated heterocycles. The summed E-state index contributed by atoms with van der Waals surface area (Å²) >= 11 is 9.92. The van der Waals surface area contributed by atoms with Gasteiger partial charge in [0.1, 0.15) is 31.1 Å². The number of nitrogens with zero attached hydrogens (tertiary/aromatic N) is 1. The minimum atomic E-state index is -3.02. The van der Waals surface area contributed by atoms with Gasteiger partial charge in [0.2, 0.25) is 0 Å². The molecule has 2 aromatic carbocycles. The summed E-state index contributed by atoms with van der Waals surface area (Å²) in [6.07, 6.45) is 3.61. The lowest BCUT2D eigenvalue weighted by Crippen LogP contribution is -2.14. The van der Waals surface area contributed by atoms with E-state index >= 15 is 0 Å². The van der Waals surface area contributed by atoms with Crippen LogP contribution in [0.5, 0.6) is 0 Å². The molecule has 0 aliphatic carbocycles. The number of sulfone groups is 2. The minimum absolute atomic E-state index is 0.0888. The Kier molecular flexibility index (Phi) is 15.8. The number of ether oxygens (including phenoxy) is 2. The van der Waals surface area contributed by atoms with Gasteiger partial charge >= 0.3 is 11.9 Å². The molecule has 0 radical (unpaired) electrons. The average molecular weight is 857 g/mol. The number of aromatic nitrogens is 2. The number of carbonyl (C=O) groups excluding carboxylic acids is 2. The third kappa shape index (κ3) is 13.6. The number of hydrogen-bond donors (Lipinski definition) is 1. The van der Waals surface area contributed by atoms with E-state index in [1.807, 2.05) is 41.0 Å². The number of carbonyl (C=O) groups is 2. The molecule has 10 nitrogen and oxygen atoms in total. The van der Waals surface area contributed by atoms with Crippen LogP contribution in [0.3, 0.4) is 0 Å². The second-order valence-corrected chi connectivity index (χ2v) is 17.0. The van der Waals surface area contributed by atoms with Gasteiger partial charge in [-0.3, -0.25) is 0 Å². The molecule has 15 heteroatoms. The Morgan fingerprint density at radius 3 is 1.89 bits per heavy atom.